The van der Waals surface area contributed by atoms with Gasteiger partial charge in [-0.05, 0) is 30.2 Å². The monoisotopic (exact) mass is 263 g/mol. The van der Waals surface area contributed by atoms with Crippen LogP contribution in [0.2, 0.25) is 0 Å². The number of hydrogen-bond donors (Lipinski definition) is 1. The van der Waals surface area contributed by atoms with Crippen LogP contribution in [-0.2, 0) is 16.6 Å². The van der Waals surface area contributed by atoms with Crippen LogP contribution in [0, 0.1) is 11.8 Å². The lowest BCUT2D eigenvalue weighted by atomic mass is 10.1. The molecule has 3 nitrogen and oxygen atoms in total. The molecule has 1 aromatic rings. The van der Waals surface area contributed by atoms with Crippen molar-refractivity contribution in [3.8, 4) is 0 Å². The SMILES string of the molecule is O=S(=O)(NCc1ccccc1)[C@@H]1CC2C=CC1C2. The first-order valence-corrected chi connectivity index (χ1v) is 7.90. The fourth-order valence-corrected chi connectivity index (χ4v) is 4.72. The predicted molar refractivity (Wildman–Crippen MR) is 71.3 cm³/mol. The molecule has 0 aliphatic heterocycles. The third-order valence-electron chi connectivity index (χ3n) is 3.94. The van der Waals surface area contributed by atoms with E-state index in [1.54, 1.807) is 0 Å². The lowest BCUT2D eigenvalue weighted by Gasteiger charge is -2.19. The highest BCUT2D eigenvalue weighted by Crippen LogP contribution is 2.42. The molecule has 0 amide bonds. The average molecular weight is 263 g/mol. The van der Waals surface area contributed by atoms with E-state index < -0.39 is 10.0 Å². The molecule has 3 atom stereocenters. The maximum absolute atomic E-state index is 12.3. The summed E-state index contributed by atoms with van der Waals surface area (Å²) in [5.74, 6) is 0.705. The van der Waals surface area contributed by atoms with Crippen LogP contribution in [0.15, 0.2) is 42.5 Å². The molecule has 2 bridgehead atoms. The molecule has 0 saturated heterocycles. The maximum Gasteiger partial charge on any atom is 0.215 e. The summed E-state index contributed by atoms with van der Waals surface area (Å²) in [6.07, 6.45) is 6.02. The van der Waals surface area contributed by atoms with E-state index in [1.807, 2.05) is 30.3 Å². The third kappa shape index (κ3) is 2.22. The molecule has 1 N–H and O–H groups in total. The molecule has 1 saturated carbocycles. The lowest BCUT2D eigenvalue weighted by Crippen LogP contribution is -2.36. The fraction of sp³-hybridized carbons (Fsp3) is 0.429. The first-order chi connectivity index (χ1) is 8.65. The van der Waals surface area contributed by atoms with Gasteiger partial charge in [0.15, 0.2) is 0 Å². The number of benzene rings is 1. The highest BCUT2D eigenvalue weighted by molar-refractivity contribution is 7.90. The van der Waals surface area contributed by atoms with Crippen LogP contribution >= 0.6 is 0 Å². The molecule has 0 aromatic heterocycles. The van der Waals surface area contributed by atoms with Gasteiger partial charge >= 0.3 is 0 Å². The van der Waals surface area contributed by atoms with Gasteiger partial charge in [0.25, 0.3) is 0 Å². The lowest BCUT2D eigenvalue weighted by molar-refractivity contribution is 0.546. The van der Waals surface area contributed by atoms with E-state index in [0.29, 0.717) is 12.5 Å². The van der Waals surface area contributed by atoms with Gasteiger partial charge in [0.05, 0.1) is 5.25 Å². The molecule has 1 fully saturated rings. The van der Waals surface area contributed by atoms with Crippen LogP contribution in [0.5, 0.6) is 0 Å². The maximum atomic E-state index is 12.3. The number of nitrogens with one attached hydrogen (secondary N) is 1. The van der Waals surface area contributed by atoms with Gasteiger partial charge < -0.3 is 0 Å². The Morgan fingerprint density at radius 1 is 1.11 bits per heavy atom. The molecule has 2 aliphatic rings. The molecule has 0 radical (unpaired) electrons. The van der Waals surface area contributed by atoms with Gasteiger partial charge in [0, 0.05) is 6.54 Å². The first kappa shape index (κ1) is 11.9. The molecule has 0 spiro atoms. The summed E-state index contributed by atoms with van der Waals surface area (Å²) in [4.78, 5) is 0. The van der Waals surface area contributed by atoms with E-state index in [9.17, 15) is 8.42 Å². The van der Waals surface area contributed by atoms with E-state index in [4.69, 9.17) is 0 Å². The van der Waals surface area contributed by atoms with Gasteiger partial charge in [-0.2, -0.15) is 0 Å². The van der Waals surface area contributed by atoms with Gasteiger partial charge in [-0.1, -0.05) is 42.5 Å². The molecule has 2 aliphatic carbocycles. The van der Waals surface area contributed by atoms with Crippen molar-refractivity contribution in [2.45, 2.75) is 24.6 Å². The minimum absolute atomic E-state index is 0.225. The predicted octanol–water partition coefficient (Wildman–Crippen LogP) is 2.07. The van der Waals surface area contributed by atoms with E-state index in [0.717, 1.165) is 18.4 Å². The average Bonchev–Trinajstić information content (AvgIpc) is 3.00. The van der Waals surface area contributed by atoms with Crippen LogP contribution < -0.4 is 4.72 Å². The Morgan fingerprint density at radius 3 is 2.50 bits per heavy atom. The highest BCUT2D eigenvalue weighted by atomic mass is 32.2. The van der Waals surface area contributed by atoms with Crippen molar-refractivity contribution < 1.29 is 8.42 Å². The number of hydrogen-bond acceptors (Lipinski definition) is 2. The van der Waals surface area contributed by atoms with Gasteiger partial charge in [0.2, 0.25) is 10.0 Å². The Labute approximate surface area is 108 Å². The normalized spacial score (nSPS) is 29.9. The Morgan fingerprint density at radius 2 is 1.89 bits per heavy atom. The molecular weight excluding hydrogens is 246 g/mol. The molecular formula is C14H17NO2S. The first-order valence-electron chi connectivity index (χ1n) is 6.36. The van der Waals surface area contributed by atoms with E-state index in [-0.39, 0.29) is 11.2 Å². The van der Waals surface area contributed by atoms with Gasteiger partial charge in [-0.3, -0.25) is 0 Å². The second-order valence-electron chi connectivity index (χ2n) is 5.17. The zero-order valence-electron chi connectivity index (χ0n) is 10.1. The minimum atomic E-state index is -3.19. The largest absolute Gasteiger partial charge is 0.215 e. The summed E-state index contributed by atoms with van der Waals surface area (Å²) in [7, 11) is -3.19. The zero-order chi connectivity index (χ0) is 12.6. The van der Waals surface area contributed by atoms with Crippen LogP contribution in [0.4, 0.5) is 0 Å². The molecule has 0 heterocycles. The van der Waals surface area contributed by atoms with E-state index in [1.165, 1.54) is 0 Å². The summed E-state index contributed by atoms with van der Waals surface area (Å²) >= 11 is 0. The van der Waals surface area contributed by atoms with Crippen LogP contribution in [-0.4, -0.2) is 13.7 Å². The van der Waals surface area contributed by atoms with Gasteiger partial charge in [0.1, 0.15) is 0 Å². The van der Waals surface area contributed by atoms with Crippen molar-refractivity contribution in [1.29, 1.82) is 0 Å². The highest BCUT2D eigenvalue weighted by Gasteiger charge is 2.42. The molecule has 3 rings (SSSR count). The number of fused-ring (bicyclic) bond motifs is 2. The summed E-state index contributed by atoms with van der Waals surface area (Å²) in [5.41, 5.74) is 1.000. The molecule has 96 valence electrons. The van der Waals surface area contributed by atoms with Crippen molar-refractivity contribution in [3.63, 3.8) is 0 Å². The number of allylic oxidation sites excluding steroid dienone is 2. The smallest absolute Gasteiger partial charge is 0.212 e. The zero-order valence-corrected chi connectivity index (χ0v) is 10.9. The number of sulfonamides is 1. The number of rotatable bonds is 4. The van der Waals surface area contributed by atoms with Crippen molar-refractivity contribution in [1.82, 2.24) is 4.72 Å². The topological polar surface area (TPSA) is 46.2 Å². The summed E-state index contributed by atoms with van der Waals surface area (Å²) in [6.45, 7) is 0.390. The quantitative estimate of drug-likeness (QED) is 0.845. The van der Waals surface area contributed by atoms with Crippen molar-refractivity contribution in [2.24, 2.45) is 11.8 Å². The Hall–Kier alpha value is -1.13. The summed E-state index contributed by atoms with van der Waals surface area (Å²) < 4.78 is 27.2. The van der Waals surface area contributed by atoms with Crippen LogP contribution in [0.3, 0.4) is 0 Å². The second-order valence-corrected chi connectivity index (χ2v) is 7.15. The standard InChI is InChI=1S/C14H17NO2S/c16-18(17,14-9-12-6-7-13(14)8-12)15-10-11-4-2-1-3-5-11/h1-7,12-15H,8-10H2/t12?,13?,14-/m1/s1. The summed E-state index contributed by atoms with van der Waals surface area (Å²) in [6, 6.07) is 9.64. The summed E-state index contributed by atoms with van der Waals surface area (Å²) in [5, 5.41) is -0.226. The van der Waals surface area contributed by atoms with Crippen molar-refractivity contribution >= 4 is 10.0 Å². The van der Waals surface area contributed by atoms with Crippen molar-refractivity contribution in [2.75, 3.05) is 0 Å². The molecule has 4 heteroatoms. The minimum Gasteiger partial charge on any atom is -0.212 e. The fourth-order valence-electron chi connectivity index (χ4n) is 2.97. The molecule has 1 aromatic carbocycles. The third-order valence-corrected chi connectivity index (χ3v) is 5.82. The van der Waals surface area contributed by atoms with Crippen LogP contribution in [0.25, 0.3) is 0 Å². The Balaban J connectivity index is 1.67. The molecule has 2 unspecified atom stereocenters. The van der Waals surface area contributed by atoms with Gasteiger partial charge in [-0.25, -0.2) is 13.1 Å². The second kappa shape index (κ2) is 4.52. The van der Waals surface area contributed by atoms with Crippen LogP contribution in [0.1, 0.15) is 18.4 Å². The van der Waals surface area contributed by atoms with E-state index >= 15 is 0 Å². The van der Waals surface area contributed by atoms with E-state index in [2.05, 4.69) is 16.9 Å². The van der Waals surface area contributed by atoms with Crippen molar-refractivity contribution in [3.05, 3.63) is 48.0 Å². The Kier molecular flexibility index (Phi) is 2.99. The Bertz CT molecular complexity index is 550. The van der Waals surface area contributed by atoms with Gasteiger partial charge in [-0.15, -0.1) is 0 Å². The molecule has 18 heavy (non-hydrogen) atoms.